The highest BCUT2D eigenvalue weighted by Crippen LogP contribution is 2.38. The molecule has 0 aromatic carbocycles. The highest BCUT2D eigenvalue weighted by atomic mass is 79.9. The van der Waals surface area contributed by atoms with Crippen LogP contribution >= 0.6 is 27.5 Å². The van der Waals surface area contributed by atoms with Crippen LogP contribution in [-0.4, -0.2) is 28.3 Å². The van der Waals surface area contributed by atoms with Crippen LogP contribution in [0.15, 0.2) is 0 Å². The second-order valence-electron chi connectivity index (χ2n) is 5.11. The van der Waals surface area contributed by atoms with Crippen LogP contribution in [0, 0.1) is 5.41 Å². The highest BCUT2D eigenvalue weighted by Gasteiger charge is 2.34. The van der Waals surface area contributed by atoms with Crippen molar-refractivity contribution >= 4 is 27.5 Å². The van der Waals surface area contributed by atoms with Gasteiger partial charge < -0.3 is 4.74 Å². The molecule has 0 unspecified atom stereocenters. The zero-order valence-corrected chi connectivity index (χ0v) is 13.4. The molecule has 1 aromatic rings. The van der Waals surface area contributed by atoms with Crippen molar-refractivity contribution in [3.8, 4) is 0 Å². The highest BCUT2D eigenvalue weighted by molar-refractivity contribution is 9.09. The molecule has 0 saturated carbocycles. The summed E-state index contributed by atoms with van der Waals surface area (Å²) in [6.07, 6.45) is 4.03. The Morgan fingerprint density at radius 1 is 1.44 bits per heavy atom. The lowest BCUT2D eigenvalue weighted by Crippen LogP contribution is -2.34. The molecule has 0 N–H and O–H groups in total. The van der Waals surface area contributed by atoms with Crippen LogP contribution in [0.25, 0.3) is 0 Å². The summed E-state index contributed by atoms with van der Waals surface area (Å²) in [5, 5.41) is 6.34. The van der Waals surface area contributed by atoms with E-state index in [2.05, 4.69) is 28.0 Å². The van der Waals surface area contributed by atoms with Gasteiger partial charge in [-0.1, -0.05) is 34.5 Å². The van der Waals surface area contributed by atoms with Crippen LogP contribution in [0.1, 0.15) is 31.2 Å². The molecule has 1 saturated heterocycles. The zero-order chi connectivity index (χ0) is 13.2. The summed E-state index contributed by atoms with van der Waals surface area (Å²) in [7, 11) is 1.99. The van der Waals surface area contributed by atoms with Gasteiger partial charge >= 0.3 is 0 Å². The first kappa shape index (κ1) is 14.4. The Balaban J connectivity index is 2.24. The molecule has 18 heavy (non-hydrogen) atoms. The van der Waals surface area contributed by atoms with Gasteiger partial charge in [0.15, 0.2) is 0 Å². The predicted molar refractivity (Wildman–Crippen MR) is 77.6 cm³/mol. The van der Waals surface area contributed by atoms with E-state index in [1.807, 2.05) is 11.7 Å². The molecule has 3 nitrogen and oxygen atoms in total. The van der Waals surface area contributed by atoms with E-state index in [9.17, 15) is 0 Å². The van der Waals surface area contributed by atoms with Crippen molar-refractivity contribution in [1.82, 2.24) is 9.78 Å². The average molecular weight is 336 g/mol. The normalized spacial score (nSPS) is 19.1. The van der Waals surface area contributed by atoms with Crippen LogP contribution in [0.2, 0.25) is 5.02 Å². The van der Waals surface area contributed by atoms with Gasteiger partial charge in [0, 0.05) is 25.6 Å². The summed E-state index contributed by atoms with van der Waals surface area (Å²) in [5.74, 6) is 0. The fraction of sp³-hybridized carbons (Fsp3) is 0.769. The molecule has 5 heteroatoms. The third kappa shape index (κ3) is 2.75. The number of alkyl halides is 1. The number of hydrogen-bond donors (Lipinski definition) is 0. The van der Waals surface area contributed by atoms with Crippen molar-refractivity contribution in [2.45, 2.75) is 32.6 Å². The predicted octanol–water partition coefficient (Wildman–Crippen LogP) is 3.37. The largest absolute Gasteiger partial charge is 0.381 e. The molecule has 2 heterocycles. The molecule has 0 aliphatic carbocycles. The number of hydrogen-bond acceptors (Lipinski definition) is 2. The molecule has 1 fully saturated rings. The molecular weight excluding hydrogens is 316 g/mol. The summed E-state index contributed by atoms with van der Waals surface area (Å²) in [5.41, 5.74) is 2.43. The van der Waals surface area contributed by atoms with Crippen LogP contribution in [0.5, 0.6) is 0 Å². The number of rotatable bonds is 4. The van der Waals surface area contributed by atoms with Crippen LogP contribution in [0.3, 0.4) is 0 Å². The lowest BCUT2D eigenvalue weighted by Gasteiger charge is -2.35. The maximum absolute atomic E-state index is 6.44. The van der Waals surface area contributed by atoms with E-state index in [1.165, 1.54) is 0 Å². The van der Waals surface area contributed by atoms with Gasteiger partial charge in [-0.3, -0.25) is 4.68 Å². The topological polar surface area (TPSA) is 27.1 Å². The molecule has 0 amide bonds. The molecule has 0 bridgehead atoms. The summed E-state index contributed by atoms with van der Waals surface area (Å²) in [6, 6.07) is 0. The maximum atomic E-state index is 6.44. The summed E-state index contributed by atoms with van der Waals surface area (Å²) in [4.78, 5) is 0. The van der Waals surface area contributed by atoms with Crippen molar-refractivity contribution in [2.75, 3.05) is 18.5 Å². The van der Waals surface area contributed by atoms with E-state index in [0.29, 0.717) is 0 Å². The first-order valence-electron chi connectivity index (χ1n) is 6.46. The Hall–Kier alpha value is -0.0600. The van der Waals surface area contributed by atoms with E-state index in [0.717, 1.165) is 60.6 Å². The Bertz CT molecular complexity index is 413. The Morgan fingerprint density at radius 3 is 2.61 bits per heavy atom. The summed E-state index contributed by atoms with van der Waals surface area (Å²) >= 11 is 10.1. The summed E-state index contributed by atoms with van der Waals surface area (Å²) in [6.45, 7) is 3.79. The minimum absolute atomic E-state index is 0.265. The smallest absolute Gasteiger partial charge is 0.0849 e. The molecule has 2 rings (SSSR count). The van der Waals surface area contributed by atoms with Gasteiger partial charge in [-0.25, -0.2) is 0 Å². The van der Waals surface area contributed by atoms with E-state index in [4.69, 9.17) is 16.3 Å². The molecular formula is C13H20BrClN2O. The second-order valence-corrected chi connectivity index (χ2v) is 6.05. The Morgan fingerprint density at radius 2 is 2.11 bits per heavy atom. The lowest BCUT2D eigenvalue weighted by atomic mass is 9.78. The fourth-order valence-electron chi connectivity index (χ4n) is 2.53. The maximum Gasteiger partial charge on any atom is 0.0849 e. The molecule has 1 aliphatic rings. The van der Waals surface area contributed by atoms with Crippen molar-refractivity contribution in [1.29, 1.82) is 0 Å². The van der Waals surface area contributed by atoms with E-state index >= 15 is 0 Å². The standard InChI is InChI=1S/C13H20BrClN2O/c1-3-10-12(15)11(17(2)16-10)8-13(9-14)4-6-18-7-5-13/h3-9H2,1-2H3. The number of aryl methyl sites for hydroxylation is 2. The zero-order valence-electron chi connectivity index (χ0n) is 11.0. The van der Waals surface area contributed by atoms with Gasteiger partial charge in [0.05, 0.1) is 16.4 Å². The van der Waals surface area contributed by atoms with Gasteiger partial charge in [0.2, 0.25) is 0 Å². The Kier molecular flexibility index (Phi) is 4.73. The molecule has 0 radical (unpaired) electrons. The van der Waals surface area contributed by atoms with Crippen LogP contribution in [0.4, 0.5) is 0 Å². The van der Waals surface area contributed by atoms with Gasteiger partial charge in [-0.15, -0.1) is 0 Å². The van der Waals surface area contributed by atoms with E-state index < -0.39 is 0 Å². The van der Waals surface area contributed by atoms with Gasteiger partial charge in [0.25, 0.3) is 0 Å². The molecule has 0 atom stereocenters. The van der Waals surface area contributed by atoms with Gasteiger partial charge in [-0.2, -0.15) is 5.10 Å². The first-order valence-corrected chi connectivity index (χ1v) is 7.96. The van der Waals surface area contributed by atoms with Crippen molar-refractivity contribution in [3.63, 3.8) is 0 Å². The number of aromatic nitrogens is 2. The third-order valence-corrected chi connectivity index (χ3v) is 5.51. The fourth-order valence-corrected chi connectivity index (χ4v) is 3.65. The Labute approximate surface area is 122 Å². The monoisotopic (exact) mass is 334 g/mol. The number of ether oxygens (including phenoxy) is 1. The minimum Gasteiger partial charge on any atom is -0.381 e. The van der Waals surface area contributed by atoms with Gasteiger partial charge in [0.1, 0.15) is 0 Å². The van der Waals surface area contributed by atoms with Crippen molar-refractivity contribution in [2.24, 2.45) is 12.5 Å². The van der Waals surface area contributed by atoms with E-state index in [1.54, 1.807) is 0 Å². The van der Waals surface area contributed by atoms with Crippen molar-refractivity contribution < 1.29 is 4.74 Å². The number of halogens is 2. The van der Waals surface area contributed by atoms with Gasteiger partial charge in [-0.05, 0) is 31.1 Å². The molecule has 0 spiro atoms. The minimum atomic E-state index is 0.265. The third-order valence-electron chi connectivity index (χ3n) is 3.88. The first-order chi connectivity index (χ1) is 8.62. The quantitative estimate of drug-likeness (QED) is 0.789. The van der Waals surface area contributed by atoms with E-state index in [-0.39, 0.29) is 5.41 Å². The molecule has 1 aliphatic heterocycles. The molecule has 1 aromatic heterocycles. The van der Waals surface area contributed by atoms with Crippen LogP contribution in [-0.2, 0) is 24.6 Å². The van der Waals surface area contributed by atoms with Crippen LogP contribution < -0.4 is 0 Å². The lowest BCUT2D eigenvalue weighted by molar-refractivity contribution is 0.0262. The second kappa shape index (κ2) is 5.93. The van der Waals surface area contributed by atoms with Crippen molar-refractivity contribution in [3.05, 3.63) is 16.4 Å². The average Bonchev–Trinajstić information content (AvgIpc) is 2.67. The SMILES string of the molecule is CCc1nn(C)c(CC2(CBr)CCOCC2)c1Cl. The number of nitrogens with zero attached hydrogens (tertiary/aromatic N) is 2. The molecule has 102 valence electrons. The summed E-state index contributed by atoms with van der Waals surface area (Å²) < 4.78 is 7.42.